The molecule has 0 saturated carbocycles. The maximum atomic E-state index is 12.4. The van der Waals surface area contributed by atoms with Gasteiger partial charge in [-0.15, -0.1) is 0 Å². The van der Waals surface area contributed by atoms with Crippen LogP contribution in [-0.4, -0.2) is 58.6 Å². The zero-order valence-electron chi connectivity index (χ0n) is 27.8. The third-order valence-corrected chi connectivity index (χ3v) is 25.7. The first-order valence-electron chi connectivity index (χ1n) is 17.4. The molecule has 3 aromatic carbocycles. The predicted octanol–water partition coefficient (Wildman–Crippen LogP) is 8.89. The van der Waals surface area contributed by atoms with Crippen molar-refractivity contribution in [3.05, 3.63) is 108 Å². The van der Waals surface area contributed by atoms with Crippen molar-refractivity contribution in [2.24, 2.45) is 0 Å². The second-order valence-electron chi connectivity index (χ2n) is 12.8. The number of unbranched alkanes of at least 4 members (excludes halogenated alkanes) is 3. The summed E-state index contributed by atoms with van der Waals surface area (Å²) < 4.78 is 30.6. The summed E-state index contributed by atoms with van der Waals surface area (Å²) in [5.74, 6) is 0. The molecule has 0 aromatic heterocycles. The second kappa shape index (κ2) is 19.8. The molecule has 1 N–H and O–H groups in total. The Balaban J connectivity index is 1.68. The predicted molar refractivity (Wildman–Crippen MR) is 186 cm³/mol. The van der Waals surface area contributed by atoms with Gasteiger partial charge in [0.25, 0.3) is 0 Å². The summed E-state index contributed by atoms with van der Waals surface area (Å²) in [5, 5.41) is 12.4. The standard InChI is InChI=1S/C27H29O5.3C4H9.Sn/c28-24-19-30-25(20-29-16-21-10-4-1-5-11-21)27(32-18-23-14-8-3-9-15-23)26(24)31-17-22-12-6-2-7-13-22;3*1-3-4-2;/h1-15,19,24-28H,16-18,20H2;3*1,3-4H2,2H3;. The van der Waals surface area contributed by atoms with Gasteiger partial charge in [0, 0.05) is 0 Å². The first-order chi connectivity index (χ1) is 22.1. The van der Waals surface area contributed by atoms with Crippen molar-refractivity contribution in [3.8, 4) is 0 Å². The molecule has 0 bridgehead atoms. The van der Waals surface area contributed by atoms with Crippen LogP contribution in [0.25, 0.3) is 0 Å². The first kappa shape index (κ1) is 36.1. The normalized spacial score (nSPS) is 22.0. The van der Waals surface area contributed by atoms with Crippen molar-refractivity contribution in [2.75, 3.05) is 6.61 Å². The topological polar surface area (TPSA) is 57.2 Å². The Kier molecular flexibility index (Phi) is 15.9. The van der Waals surface area contributed by atoms with Gasteiger partial charge >= 0.3 is 278 Å². The summed E-state index contributed by atoms with van der Waals surface area (Å²) in [4.78, 5) is 0. The van der Waals surface area contributed by atoms with E-state index in [0.717, 1.165) is 16.7 Å². The molecule has 0 aliphatic carbocycles. The Hall–Kier alpha value is -1.74. The Bertz CT molecular complexity index is 1160. The number of aliphatic hydroxyl groups excluding tert-OH is 1. The summed E-state index contributed by atoms with van der Waals surface area (Å²) >= 11 is -3.10. The van der Waals surface area contributed by atoms with Crippen LogP contribution in [0.15, 0.2) is 91.0 Å². The monoisotopic (exact) mass is 724 g/mol. The fourth-order valence-corrected chi connectivity index (χ4v) is 24.3. The Morgan fingerprint density at radius 1 is 0.600 bits per heavy atom. The van der Waals surface area contributed by atoms with E-state index in [9.17, 15) is 5.11 Å². The molecule has 0 radical (unpaired) electrons. The van der Waals surface area contributed by atoms with E-state index in [1.165, 1.54) is 51.8 Å². The molecule has 1 heterocycles. The van der Waals surface area contributed by atoms with Crippen molar-refractivity contribution in [1.29, 1.82) is 0 Å². The Labute approximate surface area is 276 Å². The van der Waals surface area contributed by atoms with E-state index in [0.29, 0.717) is 26.4 Å². The van der Waals surface area contributed by atoms with Gasteiger partial charge in [-0.3, -0.25) is 0 Å². The van der Waals surface area contributed by atoms with Crippen LogP contribution in [0.3, 0.4) is 0 Å². The van der Waals surface area contributed by atoms with Crippen molar-refractivity contribution >= 4 is 18.4 Å². The van der Waals surface area contributed by atoms with E-state index in [-0.39, 0.29) is 10.2 Å². The van der Waals surface area contributed by atoms with E-state index in [1.54, 1.807) is 0 Å². The van der Waals surface area contributed by atoms with Crippen molar-refractivity contribution < 1.29 is 24.1 Å². The SMILES string of the molecule is CCC[CH2][Sn]([CH2]CCC)([CH2]CCC)[CH]1OC(COCc2ccccc2)C(OCc2ccccc2)C(OCc2ccccc2)C1O. The molecule has 0 spiro atoms. The summed E-state index contributed by atoms with van der Waals surface area (Å²) in [6, 6.07) is 30.8. The molecular weight excluding hydrogens is 667 g/mol. The van der Waals surface area contributed by atoms with E-state index < -0.39 is 36.7 Å². The average molecular weight is 724 g/mol. The van der Waals surface area contributed by atoms with Crippen LogP contribution in [0.1, 0.15) is 76.0 Å². The van der Waals surface area contributed by atoms with Gasteiger partial charge in [0.1, 0.15) is 0 Å². The molecule has 6 heteroatoms. The van der Waals surface area contributed by atoms with E-state index in [4.69, 9.17) is 18.9 Å². The molecule has 3 aromatic rings. The van der Waals surface area contributed by atoms with Crippen molar-refractivity contribution in [2.45, 2.75) is 121 Å². The van der Waals surface area contributed by atoms with Gasteiger partial charge in [0.15, 0.2) is 0 Å². The van der Waals surface area contributed by atoms with Gasteiger partial charge in [0.2, 0.25) is 0 Å². The molecule has 5 unspecified atom stereocenters. The van der Waals surface area contributed by atoms with Gasteiger partial charge in [-0.1, -0.05) is 0 Å². The number of aliphatic hydroxyl groups is 1. The first-order valence-corrected chi connectivity index (χ1v) is 25.1. The van der Waals surface area contributed by atoms with Crippen LogP contribution in [0, 0.1) is 0 Å². The molecule has 1 aliphatic rings. The fourth-order valence-electron chi connectivity index (χ4n) is 6.75. The summed E-state index contributed by atoms with van der Waals surface area (Å²) in [7, 11) is 0. The van der Waals surface area contributed by atoms with Gasteiger partial charge in [-0.25, -0.2) is 0 Å². The molecule has 5 atom stereocenters. The molecule has 45 heavy (non-hydrogen) atoms. The second-order valence-corrected chi connectivity index (χ2v) is 26.5. The van der Waals surface area contributed by atoms with Gasteiger partial charge in [-0.05, 0) is 0 Å². The molecule has 1 aliphatic heterocycles. The minimum absolute atomic E-state index is 0.161. The van der Waals surface area contributed by atoms with Crippen molar-refractivity contribution in [3.63, 3.8) is 0 Å². The van der Waals surface area contributed by atoms with E-state index >= 15 is 0 Å². The van der Waals surface area contributed by atoms with Gasteiger partial charge in [0.05, 0.1) is 0 Å². The third kappa shape index (κ3) is 10.9. The number of rotatable bonds is 20. The number of ether oxygens (including phenoxy) is 4. The number of hydrogen-bond acceptors (Lipinski definition) is 5. The van der Waals surface area contributed by atoms with Crippen LogP contribution in [0.2, 0.25) is 13.3 Å². The molecule has 4 rings (SSSR count). The van der Waals surface area contributed by atoms with E-state index in [1.807, 2.05) is 54.6 Å². The minimum atomic E-state index is -3.10. The van der Waals surface area contributed by atoms with Crippen LogP contribution in [-0.2, 0) is 38.8 Å². The molecular formula is C39H56O5Sn. The maximum absolute atomic E-state index is 12.4. The van der Waals surface area contributed by atoms with Crippen LogP contribution >= 0.6 is 0 Å². The fraction of sp³-hybridized carbons (Fsp3) is 0.538. The van der Waals surface area contributed by atoms with E-state index in [2.05, 4.69) is 57.2 Å². The Morgan fingerprint density at radius 2 is 1.02 bits per heavy atom. The van der Waals surface area contributed by atoms with Gasteiger partial charge in [-0.2, -0.15) is 0 Å². The third-order valence-electron chi connectivity index (χ3n) is 9.31. The molecule has 1 saturated heterocycles. The molecule has 1 fully saturated rings. The molecule has 5 nitrogen and oxygen atoms in total. The average Bonchev–Trinajstić information content (AvgIpc) is 3.09. The molecule has 246 valence electrons. The number of hydrogen-bond donors (Lipinski definition) is 1. The van der Waals surface area contributed by atoms with Gasteiger partial charge < -0.3 is 0 Å². The van der Waals surface area contributed by atoms with Crippen LogP contribution < -0.4 is 0 Å². The van der Waals surface area contributed by atoms with Crippen LogP contribution in [0.4, 0.5) is 0 Å². The zero-order chi connectivity index (χ0) is 31.7. The quantitative estimate of drug-likeness (QED) is 0.118. The summed E-state index contributed by atoms with van der Waals surface area (Å²) in [6.45, 7) is 8.59. The summed E-state index contributed by atoms with van der Waals surface area (Å²) in [5.41, 5.74) is 3.30. The van der Waals surface area contributed by atoms with Crippen molar-refractivity contribution in [1.82, 2.24) is 0 Å². The summed E-state index contributed by atoms with van der Waals surface area (Å²) in [6.07, 6.45) is 5.05. The Morgan fingerprint density at radius 3 is 1.47 bits per heavy atom. The zero-order valence-corrected chi connectivity index (χ0v) is 30.7. The van der Waals surface area contributed by atoms with Crippen LogP contribution in [0.5, 0.6) is 0 Å². The molecule has 0 amide bonds. The number of benzene rings is 3.